The number of likely N-dealkylation sites (tertiary alicyclic amines) is 1. The number of hydrogen-bond acceptors (Lipinski definition) is 6. The molecule has 0 aromatic heterocycles. The molecule has 5 rings (SSSR count). The second-order valence-corrected chi connectivity index (χ2v) is 10.9. The molecule has 0 spiro atoms. The first-order valence-electron chi connectivity index (χ1n) is 14.7. The van der Waals surface area contributed by atoms with Crippen molar-refractivity contribution in [3.05, 3.63) is 82.8 Å². The first-order chi connectivity index (χ1) is 19.9. The van der Waals surface area contributed by atoms with E-state index in [-0.39, 0.29) is 31.1 Å². The largest absolute Gasteiger partial charge is 0.494 e. The van der Waals surface area contributed by atoms with Crippen molar-refractivity contribution < 1.29 is 28.9 Å². The van der Waals surface area contributed by atoms with Gasteiger partial charge in [0.1, 0.15) is 5.75 Å². The van der Waals surface area contributed by atoms with Gasteiger partial charge in [-0.25, -0.2) is 0 Å². The van der Waals surface area contributed by atoms with Crippen LogP contribution in [0, 0.1) is 17.8 Å². The number of amides is 1. The van der Waals surface area contributed by atoms with Gasteiger partial charge in [-0.1, -0.05) is 51.1 Å². The van der Waals surface area contributed by atoms with E-state index in [4.69, 9.17) is 14.2 Å². The van der Waals surface area contributed by atoms with E-state index in [2.05, 4.69) is 26.1 Å². The predicted octanol–water partition coefficient (Wildman–Crippen LogP) is 5.70. The third-order valence-corrected chi connectivity index (χ3v) is 8.39. The Morgan fingerprint density at radius 1 is 1.02 bits per heavy atom. The Morgan fingerprint density at radius 3 is 2.39 bits per heavy atom. The molecule has 2 fully saturated rings. The van der Waals surface area contributed by atoms with E-state index >= 15 is 0 Å². The van der Waals surface area contributed by atoms with Crippen molar-refractivity contribution in [2.24, 2.45) is 17.8 Å². The van der Waals surface area contributed by atoms with Gasteiger partial charge in [0.2, 0.25) is 12.7 Å². The topological polar surface area (TPSA) is 97.3 Å². The smallest absolute Gasteiger partial charge is 0.308 e. The van der Waals surface area contributed by atoms with E-state index in [1.807, 2.05) is 59.5 Å². The Kier molecular flexibility index (Phi) is 8.98. The average Bonchev–Trinajstić information content (AvgIpc) is 3.61. The number of allylic oxidation sites excluding steroid dienone is 2. The van der Waals surface area contributed by atoms with Crippen molar-refractivity contribution in [1.82, 2.24) is 4.90 Å². The first-order valence-corrected chi connectivity index (χ1v) is 14.7. The van der Waals surface area contributed by atoms with Gasteiger partial charge in [-0.3, -0.25) is 14.5 Å². The van der Waals surface area contributed by atoms with Crippen molar-refractivity contribution in [2.75, 3.05) is 31.8 Å². The van der Waals surface area contributed by atoms with Gasteiger partial charge in [-0.05, 0) is 78.5 Å². The number of ether oxygens (including phenoxy) is 3. The number of nitrogens with zero attached hydrogens (tertiary/aromatic N) is 1. The van der Waals surface area contributed by atoms with Gasteiger partial charge in [-0.2, -0.15) is 0 Å². The number of carboxylic acids is 1. The number of anilines is 1. The molecule has 2 aliphatic heterocycles. The minimum absolute atomic E-state index is 0.0493. The van der Waals surface area contributed by atoms with Crippen LogP contribution in [0.5, 0.6) is 5.75 Å². The molecule has 8 heteroatoms. The van der Waals surface area contributed by atoms with Gasteiger partial charge in [0.05, 0.1) is 19.1 Å². The van der Waals surface area contributed by atoms with Crippen molar-refractivity contribution in [3.8, 4) is 5.75 Å². The van der Waals surface area contributed by atoms with E-state index in [0.29, 0.717) is 25.3 Å². The van der Waals surface area contributed by atoms with Crippen LogP contribution >= 0.6 is 0 Å². The summed E-state index contributed by atoms with van der Waals surface area (Å²) in [5, 5.41) is 13.8. The van der Waals surface area contributed by atoms with E-state index in [1.165, 1.54) is 0 Å². The average molecular weight is 561 g/mol. The maximum absolute atomic E-state index is 13.6. The van der Waals surface area contributed by atoms with Gasteiger partial charge in [-0.15, -0.1) is 0 Å². The quantitative estimate of drug-likeness (QED) is 0.364. The summed E-state index contributed by atoms with van der Waals surface area (Å²) in [5.41, 5.74) is 3.92. The highest BCUT2D eigenvalue weighted by atomic mass is 16.7. The summed E-state index contributed by atoms with van der Waals surface area (Å²) in [5.74, 6) is 0.167. The number of para-hydroxylation sites is 1. The minimum atomic E-state index is -0.865. The molecule has 1 aliphatic carbocycles. The molecule has 8 nitrogen and oxygen atoms in total. The third-order valence-electron chi connectivity index (χ3n) is 8.39. The van der Waals surface area contributed by atoms with Gasteiger partial charge in [0, 0.05) is 18.3 Å². The Hall–Kier alpha value is -3.78. The second kappa shape index (κ2) is 12.8. The molecule has 41 heavy (non-hydrogen) atoms. The van der Waals surface area contributed by atoms with Crippen LogP contribution < -0.4 is 10.1 Å². The maximum Gasteiger partial charge on any atom is 0.308 e. The summed E-state index contributed by atoms with van der Waals surface area (Å²) in [6.07, 6.45) is 7.18. The summed E-state index contributed by atoms with van der Waals surface area (Å²) in [7, 11) is 0. The van der Waals surface area contributed by atoms with Crippen molar-refractivity contribution in [3.63, 3.8) is 0 Å². The number of fused-ring (bicyclic) bond motifs is 1. The van der Waals surface area contributed by atoms with Gasteiger partial charge < -0.3 is 24.6 Å². The van der Waals surface area contributed by atoms with Crippen LogP contribution in [0.15, 0.2) is 66.1 Å². The fourth-order valence-corrected chi connectivity index (χ4v) is 6.40. The number of rotatable bonds is 11. The van der Waals surface area contributed by atoms with Crippen LogP contribution in [0.25, 0.3) is 0 Å². The maximum atomic E-state index is 13.6. The van der Waals surface area contributed by atoms with Crippen LogP contribution in [-0.2, 0) is 31.9 Å². The normalized spacial score (nSPS) is 23.6. The van der Waals surface area contributed by atoms with Gasteiger partial charge in [0.25, 0.3) is 0 Å². The number of carbonyl (C=O) groups excluding carboxylic acids is 1. The Labute approximate surface area is 242 Å². The fourth-order valence-electron chi connectivity index (χ4n) is 6.40. The number of carbonyl (C=O) groups is 2. The molecular formula is C33H40N2O6. The molecule has 2 N–H and O–H groups in total. The summed E-state index contributed by atoms with van der Waals surface area (Å²) < 4.78 is 16.9. The highest BCUT2D eigenvalue weighted by Gasteiger charge is 2.50. The number of nitrogens with one attached hydrogen (secondary N) is 1. The van der Waals surface area contributed by atoms with Crippen molar-refractivity contribution >= 4 is 17.6 Å². The number of carboxylic acid groups (broad SMARTS) is 1. The second-order valence-electron chi connectivity index (χ2n) is 10.9. The molecule has 0 saturated carbocycles. The summed E-state index contributed by atoms with van der Waals surface area (Å²) in [6.45, 7) is 7.56. The number of hydrogen-bond donors (Lipinski definition) is 2. The molecule has 2 aromatic carbocycles. The monoisotopic (exact) mass is 560 g/mol. The lowest BCUT2D eigenvalue weighted by atomic mass is 9.76. The minimum Gasteiger partial charge on any atom is -0.494 e. The zero-order valence-electron chi connectivity index (χ0n) is 24.1. The standard InChI is InChI=1S/C33H40N2O6/c1-4-16-39-25-13-10-23(11-14-25)32-30(33(37)38)26(24-12-15-27-28(17-24)41-20-40-27)18-35(32)19-29(36)34-31-21(5-2)8-7-9-22(31)6-3/h7-11,13-15,17,24,26,30,32H,4-6,12,16,18-20H2,1-3H3,(H,34,36)(H,37,38). The van der Waals surface area contributed by atoms with Crippen LogP contribution in [-0.4, -0.2) is 48.4 Å². The van der Waals surface area contributed by atoms with Gasteiger partial charge in [0.15, 0.2) is 11.5 Å². The Bertz CT molecular complexity index is 1300. The van der Waals surface area contributed by atoms with Crippen molar-refractivity contribution in [2.45, 2.75) is 52.5 Å². The number of aryl methyl sites for hydroxylation is 2. The van der Waals surface area contributed by atoms with Crippen LogP contribution in [0.2, 0.25) is 0 Å². The van der Waals surface area contributed by atoms with E-state index in [0.717, 1.165) is 53.1 Å². The Balaban J connectivity index is 1.44. The predicted molar refractivity (Wildman–Crippen MR) is 156 cm³/mol. The molecule has 3 aliphatic rings. The Morgan fingerprint density at radius 2 is 1.73 bits per heavy atom. The van der Waals surface area contributed by atoms with Gasteiger partial charge >= 0.3 is 5.97 Å². The molecular weight excluding hydrogens is 520 g/mol. The highest BCUT2D eigenvalue weighted by Crippen LogP contribution is 2.47. The van der Waals surface area contributed by atoms with Crippen LogP contribution in [0.1, 0.15) is 56.3 Å². The highest BCUT2D eigenvalue weighted by molar-refractivity contribution is 5.94. The molecule has 0 bridgehead atoms. The summed E-state index contributed by atoms with van der Waals surface area (Å²) >= 11 is 0. The van der Waals surface area contributed by atoms with E-state index < -0.39 is 17.9 Å². The number of benzene rings is 2. The molecule has 2 aromatic rings. The van der Waals surface area contributed by atoms with Crippen LogP contribution in [0.3, 0.4) is 0 Å². The lowest BCUT2D eigenvalue weighted by Gasteiger charge is -2.28. The van der Waals surface area contributed by atoms with Crippen molar-refractivity contribution in [1.29, 1.82) is 0 Å². The molecule has 218 valence electrons. The fraction of sp³-hybridized carbons (Fsp3) is 0.455. The molecule has 2 saturated heterocycles. The molecule has 4 atom stereocenters. The third kappa shape index (κ3) is 6.12. The zero-order valence-corrected chi connectivity index (χ0v) is 24.1. The first kappa shape index (κ1) is 28.7. The summed E-state index contributed by atoms with van der Waals surface area (Å²) in [4.78, 5) is 28.5. The lowest BCUT2D eigenvalue weighted by molar-refractivity contribution is -0.144. The molecule has 2 heterocycles. The number of aliphatic carboxylic acids is 1. The molecule has 4 unspecified atom stereocenters. The van der Waals surface area contributed by atoms with E-state index in [9.17, 15) is 14.7 Å². The molecule has 0 radical (unpaired) electrons. The SMILES string of the molecule is CCCOc1ccc(C2C(C(=O)O)C(C3C=C4OCOC4=CC3)CN2CC(=O)Nc2c(CC)cccc2CC)cc1. The summed E-state index contributed by atoms with van der Waals surface area (Å²) in [6, 6.07) is 13.3. The van der Waals surface area contributed by atoms with E-state index in [1.54, 1.807) is 0 Å². The van der Waals surface area contributed by atoms with Crippen LogP contribution in [0.4, 0.5) is 5.69 Å². The zero-order chi connectivity index (χ0) is 28.9. The lowest BCUT2D eigenvalue weighted by Crippen LogP contribution is -2.35. The molecule has 1 amide bonds.